The quantitative estimate of drug-likeness (QED) is 0.769. The molecule has 0 unspecified atom stereocenters. The van der Waals surface area contributed by atoms with Gasteiger partial charge < -0.3 is 9.64 Å². The molecule has 0 aliphatic rings. The second-order valence-electron chi connectivity index (χ2n) is 4.27. The van der Waals surface area contributed by atoms with Crippen LogP contribution in [0.2, 0.25) is 0 Å². The number of ether oxygens (including phenoxy) is 1. The molecule has 3 nitrogen and oxygen atoms in total. The monoisotopic (exact) mass is 274 g/mol. The normalized spacial score (nSPS) is 12.1. The molecular formula is C12H19ClN2OS. The molecule has 1 heterocycles. The molecule has 0 radical (unpaired) electrons. The number of hydrogen-bond donors (Lipinski definition) is 0. The van der Waals surface area contributed by atoms with Crippen LogP contribution in [-0.4, -0.2) is 32.1 Å². The predicted molar refractivity (Wildman–Crippen MR) is 76.5 cm³/mol. The molecule has 0 N–H and O–H groups in total. The summed E-state index contributed by atoms with van der Waals surface area (Å²) in [4.78, 5) is 7.41. The van der Waals surface area contributed by atoms with Gasteiger partial charge in [0.1, 0.15) is 0 Å². The van der Waals surface area contributed by atoms with Gasteiger partial charge in [-0.2, -0.15) is 4.98 Å². The van der Waals surface area contributed by atoms with Crippen molar-refractivity contribution in [2.45, 2.75) is 13.8 Å². The molecule has 0 spiro atoms. The minimum absolute atomic E-state index is 0.433. The number of hydrogen-bond acceptors (Lipinski definition) is 4. The van der Waals surface area contributed by atoms with Gasteiger partial charge in [0.25, 0.3) is 0 Å². The minimum Gasteiger partial charge on any atom is -0.480 e. The predicted octanol–water partition coefficient (Wildman–Crippen LogP) is 3.50. The average molecular weight is 275 g/mol. The summed E-state index contributed by atoms with van der Waals surface area (Å²) in [6.45, 7) is 4.27. The number of anilines is 1. The van der Waals surface area contributed by atoms with Gasteiger partial charge in [0, 0.05) is 20.0 Å². The Morgan fingerprint density at radius 3 is 2.59 bits per heavy atom. The van der Waals surface area contributed by atoms with Crippen LogP contribution in [0.1, 0.15) is 18.7 Å². The topological polar surface area (TPSA) is 25.4 Å². The average Bonchev–Trinajstić information content (AvgIpc) is 2.68. The molecule has 1 aromatic rings. The summed E-state index contributed by atoms with van der Waals surface area (Å²) in [6, 6.07) is 0. The van der Waals surface area contributed by atoms with E-state index in [4.69, 9.17) is 16.3 Å². The van der Waals surface area contributed by atoms with E-state index in [1.807, 2.05) is 19.0 Å². The highest BCUT2D eigenvalue weighted by Crippen LogP contribution is 2.33. The molecule has 1 aromatic heterocycles. The lowest BCUT2D eigenvalue weighted by atomic mass is 10.0. The van der Waals surface area contributed by atoms with Crippen molar-refractivity contribution in [1.82, 2.24) is 4.98 Å². The van der Waals surface area contributed by atoms with Gasteiger partial charge in [-0.1, -0.05) is 30.8 Å². The minimum atomic E-state index is 0.433. The van der Waals surface area contributed by atoms with E-state index in [1.165, 1.54) is 5.57 Å². The summed E-state index contributed by atoms with van der Waals surface area (Å²) >= 11 is 7.55. The van der Waals surface area contributed by atoms with Crippen LogP contribution < -0.4 is 9.64 Å². The van der Waals surface area contributed by atoms with Crippen molar-refractivity contribution in [3.05, 3.63) is 10.5 Å². The maximum absolute atomic E-state index is 5.94. The second kappa shape index (κ2) is 6.26. The summed E-state index contributed by atoms with van der Waals surface area (Å²) in [5, 5.41) is 0.936. The SMILES string of the molecule is COc1nc(N(C)C)sc1C=C(CCl)C(C)C. The van der Waals surface area contributed by atoms with E-state index in [0.717, 1.165) is 10.0 Å². The summed E-state index contributed by atoms with van der Waals surface area (Å²) in [5.41, 5.74) is 1.19. The van der Waals surface area contributed by atoms with Crippen LogP contribution in [0.5, 0.6) is 5.88 Å². The molecule has 0 amide bonds. The Morgan fingerprint density at radius 2 is 2.18 bits per heavy atom. The maximum Gasteiger partial charge on any atom is 0.233 e. The molecule has 0 saturated heterocycles. The first-order chi connectivity index (χ1) is 7.99. The summed E-state index contributed by atoms with van der Waals surface area (Å²) in [6.07, 6.45) is 2.08. The third-order valence-electron chi connectivity index (χ3n) is 2.40. The van der Waals surface area contributed by atoms with Crippen molar-refractivity contribution >= 4 is 34.1 Å². The van der Waals surface area contributed by atoms with E-state index in [9.17, 15) is 0 Å². The van der Waals surface area contributed by atoms with E-state index in [1.54, 1.807) is 18.4 Å². The van der Waals surface area contributed by atoms with Crippen molar-refractivity contribution < 1.29 is 4.74 Å². The number of rotatable bonds is 5. The molecule has 0 fully saturated rings. The number of methoxy groups -OCH3 is 1. The van der Waals surface area contributed by atoms with Gasteiger partial charge in [-0.05, 0) is 12.0 Å². The maximum atomic E-state index is 5.94. The van der Waals surface area contributed by atoms with Gasteiger partial charge in [0.05, 0.1) is 12.0 Å². The Labute approximate surface area is 112 Å². The van der Waals surface area contributed by atoms with E-state index in [2.05, 4.69) is 24.9 Å². The smallest absolute Gasteiger partial charge is 0.233 e. The zero-order valence-electron chi connectivity index (χ0n) is 11.0. The second-order valence-corrected chi connectivity index (χ2v) is 5.55. The Bertz CT molecular complexity index is 399. The lowest BCUT2D eigenvalue weighted by Crippen LogP contribution is -2.07. The van der Waals surface area contributed by atoms with Crippen LogP contribution in [0.4, 0.5) is 5.13 Å². The number of aromatic nitrogens is 1. The van der Waals surface area contributed by atoms with Crippen molar-refractivity contribution in [3.63, 3.8) is 0 Å². The third-order valence-corrected chi connectivity index (χ3v) is 3.86. The first kappa shape index (κ1) is 14.3. The van der Waals surface area contributed by atoms with Gasteiger partial charge in [0.15, 0.2) is 5.13 Å². The molecule has 0 aliphatic carbocycles. The third kappa shape index (κ3) is 3.61. The Hall–Kier alpha value is -0.740. The fourth-order valence-electron chi connectivity index (χ4n) is 1.26. The largest absolute Gasteiger partial charge is 0.480 e. The zero-order chi connectivity index (χ0) is 13.0. The molecule has 5 heteroatoms. The molecule has 0 saturated carbocycles. The number of nitrogens with zero attached hydrogens (tertiary/aromatic N) is 2. The van der Waals surface area contributed by atoms with Crippen molar-refractivity contribution in [2.75, 3.05) is 32.0 Å². The molecule has 0 bridgehead atoms. The zero-order valence-corrected chi connectivity index (χ0v) is 12.5. The van der Waals surface area contributed by atoms with E-state index < -0.39 is 0 Å². The van der Waals surface area contributed by atoms with E-state index in [0.29, 0.717) is 17.7 Å². The molecule has 1 rings (SSSR count). The molecular weight excluding hydrogens is 256 g/mol. The van der Waals surface area contributed by atoms with Crippen molar-refractivity contribution in [3.8, 4) is 5.88 Å². The fraction of sp³-hybridized carbons (Fsp3) is 0.583. The van der Waals surface area contributed by atoms with Gasteiger partial charge >= 0.3 is 0 Å². The van der Waals surface area contributed by atoms with Gasteiger partial charge in [-0.3, -0.25) is 0 Å². The molecule has 96 valence electrons. The highest BCUT2D eigenvalue weighted by atomic mass is 35.5. The number of halogens is 1. The standard InChI is InChI=1S/C12H19ClN2OS/c1-8(2)9(7-13)6-10-11(16-5)14-12(17-10)15(3)4/h6,8H,7H2,1-5H3. The fourth-order valence-corrected chi connectivity index (χ4v) is 2.58. The Balaban J connectivity index is 3.12. The molecule has 0 atom stereocenters. The lowest BCUT2D eigenvalue weighted by molar-refractivity contribution is 0.400. The van der Waals surface area contributed by atoms with Crippen LogP contribution in [0, 0.1) is 5.92 Å². The first-order valence-electron chi connectivity index (χ1n) is 5.48. The van der Waals surface area contributed by atoms with Crippen LogP contribution in [0.3, 0.4) is 0 Å². The molecule has 0 aliphatic heterocycles. The van der Waals surface area contributed by atoms with Crippen molar-refractivity contribution in [1.29, 1.82) is 0 Å². The summed E-state index contributed by atoms with van der Waals surface area (Å²) in [7, 11) is 5.58. The van der Waals surface area contributed by atoms with Gasteiger partial charge in [-0.15, -0.1) is 11.6 Å². The lowest BCUT2D eigenvalue weighted by Gasteiger charge is -2.07. The molecule has 17 heavy (non-hydrogen) atoms. The first-order valence-corrected chi connectivity index (χ1v) is 6.83. The number of thiazole rings is 1. The van der Waals surface area contributed by atoms with Crippen LogP contribution >= 0.6 is 22.9 Å². The summed E-state index contributed by atoms with van der Waals surface area (Å²) < 4.78 is 5.29. The number of allylic oxidation sites excluding steroid dienone is 1. The van der Waals surface area contributed by atoms with Gasteiger partial charge in [-0.25, -0.2) is 0 Å². The van der Waals surface area contributed by atoms with Crippen LogP contribution in [0.25, 0.3) is 6.08 Å². The highest BCUT2D eigenvalue weighted by molar-refractivity contribution is 7.16. The van der Waals surface area contributed by atoms with Gasteiger partial charge in [0.2, 0.25) is 5.88 Å². The van der Waals surface area contributed by atoms with Crippen molar-refractivity contribution in [2.24, 2.45) is 5.92 Å². The van der Waals surface area contributed by atoms with E-state index in [-0.39, 0.29) is 0 Å². The Kier molecular flexibility index (Phi) is 5.28. The van der Waals surface area contributed by atoms with Crippen LogP contribution in [-0.2, 0) is 0 Å². The number of alkyl halides is 1. The molecule has 0 aromatic carbocycles. The highest BCUT2D eigenvalue weighted by Gasteiger charge is 2.12. The van der Waals surface area contributed by atoms with E-state index >= 15 is 0 Å². The Morgan fingerprint density at radius 1 is 1.53 bits per heavy atom. The van der Waals surface area contributed by atoms with Crippen LogP contribution in [0.15, 0.2) is 5.57 Å². The summed E-state index contributed by atoms with van der Waals surface area (Å²) in [5.74, 6) is 1.64.